The molecule has 1 aliphatic heterocycles. The van der Waals surface area contributed by atoms with Crippen molar-refractivity contribution < 1.29 is 9.53 Å². The van der Waals surface area contributed by atoms with Crippen LogP contribution < -0.4 is 4.74 Å². The van der Waals surface area contributed by atoms with Crippen molar-refractivity contribution in [1.29, 1.82) is 0 Å². The van der Waals surface area contributed by atoms with Gasteiger partial charge in [0.1, 0.15) is 11.5 Å². The molecule has 1 aromatic carbocycles. The molecule has 98 valence electrons. The van der Waals surface area contributed by atoms with E-state index < -0.39 is 0 Å². The second-order valence-electron chi connectivity index (χ2n) is 5.33. The lowest BCUT2D eigenvalue weighted by atomic mass is 9.86. The third kappa shape index (κ3) is 3.12. The van der Waals surface area contributed by atoms with E-state index in [1.165, 1.54) is 5.56 Å². The normalized spacial score (nSPS) is 19.8. The molecule has 0 amide bonds. The highest BCUT2D eigenvalue weighted by Crippen LogP contribution is 2.35. The van der Waals surface area contributed by atoms with E-state index >= 15 is 0 Å². The zero-order valence-electron chi connectivity index (χ0n) is 11.3. The van der Waals surface area contributed by atoms with Crippen molar-refractivity contribution in [2.75, 3.05) is 6.61 Å². The van der Waals surface area contributed by atoms with Crippen LogP contribution in [0.3, 0.4) is 0 Å². The summed E-state index contributed by atoms with van der Waals surface area (Å²) < 4.78 is 5.63. The summed E-state index contributed by atoms with van der Waals surface area (Å²) in [7, 11) is 0. The summed E-state index contributed by atoms with van der Waals surface area (Å²) in [5, 5.41) is 0. The van der Waals surface area contributed by atoms with E-state index in [2.05, 4.69) is 19.9 Å². The van der Waals surface area contributed by atoms with Crippen molar-refractivity contribution >= 4 is 5.78 Å². The number of rotatable bonds is 5. The Labute approximate surface area is 109 Å². The molecule has 0 N–H and O–H groups in total. The van der Waals surface area contributed by atoms with Crippen LogP contribution in [-0.2, 0) is 4.79 Å². The molecule has 0 spiro atoms. The Morgan fingerprint density at radius 3 is 3.00 bits per heavy atom. The highest BCUT2D eigenvalue weighted by molar-refractivity contribution is 5.79. The standard InChI is InChI=1S/C16H22O2/c1-3-12(2)10-14(17)11-13-8-9-18-16-7-5-4-6-15(13)16/h4-7,12-13H,3,8-11H2,1-2H3. The minimum absolute atomic E-state index is 0.353. The van der Waals surface area contributed by atoms with Gasteiger partial charge in [-0.1, -0.05) is 38.5 Å². The maximum atomic E-state index is 12.0. The molecule has 0 aliphatic carbocycles. The highest BCUT2D eigenvalue weighted by atomic mass is 16.5. The summed E-state index contributed by atoms with van der Waals surface area (Å²) in [6.07, 6.45) is 3.43. The first-order valence-corrected chi connectivity index (χ1v) is 6.94. The predicted octanol–water partition coefficient (Wildman–Crippen LogP) is 3.95. The van der Waals surface area contributed by atoms with E-state index in [-0.39, 0.29) is 0 Å². The lowest BCUT2D eigenvalue weighted by Gasteiger charge is -2.25. The number of fused-ring (bicyclic) bond motifs is 1. The number of Topliss-reactive ketones (excluding diaryl/α,β-unsaturated/α-hetero) is 1. The fourth-order valence-corrected chi connectivity index (χ4v) is 2.52. The molecule has 0 fully saturated rings. The Bertz CT molecular complexity index is 411. The van der Waals surface area contributed by atoms with Crippen molar-refractivity contribution in [3.8, 4) is 5.75 Å². The number of carbonyl (C=O) groups excluding carboxylic acids is 1. The smallest absolute Gasteiger partial charge is 0.133 e. The molecule has 2 rings (SSSR count). The van der Waals surface area contributed by atoms with Gasteiger partial charge >= 0.3 is 0 Å². The molecule has 2 atom stereocenters. The van der Waals surface area contributed by atoms with Gasteiger partial charge in [-0.05, 0) is 29.9 Å². The molecule has 0 saturated heterocycles. The Morgan fingerprint density at radius 1 is 1.44 bits per heavy atom. The van der Waals surface area contributed by atoms with E-state index in [0.717, 1.165) is 31.6 Å². The predicted molar refractivity (Wildman–Crippen MR) is 73.0 cm³/mol. The van der Waals surface area contributed by atoms with Crippen molar-refractivity contribution in [1.82, 2.24) is 0 Å². The molecule has 0 saturated carbocycles. The second-order valence-corrected chi connectivity index (χ2v) is 5.33. The van der Waals surface area contributed by atoms with E-state index in [4.69, 9.17) is 4.74 Å². The van der Waals surface area contributed by atoms with Gasteiger partial charge < -0.3 is 4.74 Å². The molecule has 0 radical (unpaired) electrons. The number of carbonyl (C=O) groups is 1. The Hall–Kier alpha value is -1.31. The van der Waals surface area contributed by atoms with E-state index in [9.17, 15) is 4.79 Å². The average Bonchev–Trinajstić information content (AvgIpc) is 2.39. The van der Waals surface area contributed by atoms with E-state index in [1.807, 2.05) is 18.2 Å². The number of ketones is 1. The molecule has 2 nitrogen and oxygen atoms in total. The minimum atomic E-state index is 0.353. The molecule has 1 aromatic rings. The van der Waals surface area contributed by atoms with Gasteiger partial charge in [0, 0.05) is 12.8 Å². The van der Waals surface area contributed by atoms with Crippen LogP contribution in [0.5, 0.6) is 5.75 Å². The Morgan fingerprint density at radius 2 is 2.22 bits per heavy atom. The summed E-state index contributed by atoms with van der Waals surface area (Å²) in [5.41, 5.74) is 1.21. The van der Waals surface area contributed by atoms with Gasteiger partial charge in [0.2, 0.25) is 0 Å². The molecule has 0 bridgehead atoms. The van der Waals surface area contributed by atoms with Crippen LogP contribution in [0.2, 0.25) is 0 Å². The number of hydrogen-bond acceptors (Lipinski definition) is 2. The topological polar surface area (TPSA) is 26.3 Å². The molecule has 2 heteroatoms. The van der Waals surface area contributed by atoms with Gasteiger partial charge in [-0.2, -0.15) is 0 Å². The van der Waals surface area contributed by atoms with E-state index in [1.54, 1.807) is 0 Å². The number of hydrogen-bond donors (Lipinski definition) is 0. The van der Waals surface area contributed by atoms with Gasteiger partial charge in [0.05, 0.1) is 6.61 Å². The van der Waals surface area contributed by atoms with Crippen LogP contribution in [0.25, 0.3) is 0 Å². The lowest BCUT2D eigenvalue weighted by molar-refractivity contribution is -0.120. The SMILES string of the molecule is CCC(C)CC(=O)CC1CCOc2ccccc21. The summed E-state index contributed by atoms with van der Waals surface area (Å²) in [6.45, 7) is 5.02. The van der Waals surface area contributed by atoms with Crippen LogP contribution in [0.1, 0.15) is 51.0 Å². The van der Waals surface area contributed by atoms with Crippen LogP contribution in [-0.4, -0.2) is 12.4 Å². The quantitative estimate of drug-likeness (QED) is 0.786. The number of para-hydroxylation sites is 1. The zero-order valence-corrected chi connectivity index (χ0v) is 11.3. The van der Waals surface area contributed by atoms with Gasteiger partial charge in [-0.25, -0.2) is 0 Å². The highest BCUT2D eigenvalue weighted by Gasteiger charge is 2.23. The van der Waals surface area contributed by atoms with Crippen LogP contribution in [0.15, 0.2) is 24.3 Å². The van der Waals surface area contributed by atoms with Gasteiger partial charge in [-0.3, -0.25) is 4.79 Å². The Kier molecular flexibility index (Phi) is 4.40. The Balaban J connectivity index is 2.01. The molecule has 18 heavy (non-hydrogen) atoms. The fourth-order valence-electron chi connectivity index (χ4n) is 2.52. The minimum Gasteiger partial charge on any atom is -0.493 e. The zero-order chi connectivity index (χ0) is 13.0. The largest absolute Gasteiger partial charge is 0.493 e. The lowest BCUT2D eigenvalue weighted by Crippen LogP contribution is -2.18. The summed E-state index contributed by atoms with van der Waals surface area (Å²) in [6, 6.07) is 8.11. The summed E-state index contributed by atoms with van der Waals surface area (Å²) in [5.74, 6) is 2.22. The first-order valence-electron chi connectivity index (χ1n) is 6.94. The molecular formula is C16H22O2. The first kappa shape index (κ1) is 13.1. The van der Waals surface area contributed by atoms with Crippen LogP contribution in [0.4, 0.5) is 0 Å². The molecule has 0 aromatic heterocycles. The summed E-state index contributed by atoms with van der Waals surface area (Å²) >= 11 is 0. The van der Waals surface area contributed by atoms with Crippen molar-refractivity contribution in [3.05, 3.63) is 29.8 Å². The maximum Gasteiger partial charge on any atom is 0.133 e. The van der Waals surface area contributed by atoms with Crippen LogP contribution in [0, 0.1) is 5.92 Å². The molecule has 2 unspecified atom stereocenters. The van der Waals surface area contributed by atoms with Crippen molar-refractivity contribution in [2.24, 2.45) is 5.92 Å². The summed E-state index contributed by atoms with van der Waals surface area (Å²) in [4.78, 5) is 12.0. The molecular weight excluding hydrogens is 224 g/mol. The first-order chi connectivity index (χ1) is 8.70. The number of benzene rings is 1. The third-order valence-corrected chi connectivity index (χ3v) is 3.83. The fraction of sp³-hybridized carbons (Fsp3) is 0.562. The number of ether oxygens (including phenoxy) is 1. The van der Waals surface area contributed by atoms with Crippen LogP contribution >= 0.6 is 0 Å². The van der Waals surface area contributed by atoms with Crippen molar-refractivity contribution in [2.45, 2.75) is 45.4 Å². The maximum absolute atomic E-state index is 12.0. The average molecular weight is 246 g/mol. The monoisotopic (exact) mass is 246 g/mol. The van der Waals surface area contributed by atoms with Gasteiger partial charge in [0.15, 0.2) is 0 Å². The second kappa shape index (κ2) is 6.03. The van der Waals surface area contributed by atoms with Gasteiger partial charge in [0.25, 0.3) is 0 Å². The third-order valence-electron chi connectivity index (χ3n) is 3.83. The molecule has 1 heterocycles. The van der Waals surface area contributed by atoms with Crippen molar-refractivity contribution in [3.63, 3.8) is 0 Å². The van der Waals surface area contributed by atoms with Gasteiger partial charge in [-0.15, -0.1) is 0 Å². The molecule has 1 aliphatic rings. The van der Waals surface area contributed by atoms with E-state index in [0.29, 0.717) is 24.0 Å².